The van der Waals surface area contributed by atoms with Crippen molar-refractivity contribution in [2.45, 2.75) is 13.8 Å². The summed E-state index contributed by atoms with van der Waals surface area (Å²) in [5.74, 6) is -2.03. The van der Waals surface area contributed by atoms with Gasteiger partial charge >= 0.3 is 0 Å². The molecule has 0 unspecified atom stereocenters. The molecule has 0 aliphatic heterocycles. The number of hydrazone groups is 1. The summed E-state index contributed by atoms with van der Waals surface area (Å²) in [4.78, 5) is 5.04. The molecule has 7 nitrogen and oxygen atoms in total. The molecule has 0 saturated heterocycles. The lowest BCUT2D eigenvalue weighted by molar-refractivity contribution is 0.507. The highest BCUT2D eigenvalue weighted by molar-refractivity contribution is 7.17. The van der Waals surface area contributed by atoms with E-state index in [0.717, 1.165) is 10.9 Å². The van der Waals surface area contributed by atoms with Crippen LogP contribution in [0.4, 0.5) is 13.9 Å². The number of thiazole rings is 1. The van der Waals surface area contributed by atoms with Crippen molar-refractivity contribution in [1.82, 2.24) is 4.98 Å². The smallest absolute Gasteiger partial charge is 0.211 e. The number of hydrogen-bond acceptors (Lipinski definition) is 6. The molecular weight excluding hydrogens is 336 g/mol. The van der Waals surface area contributed by atoms with Crippen LogP contribution in [-0.2, 0) is 0 Å². The van der Waals surface area contributed by atoms with Crippen LogP contribution >= 0.6 is 11.3 Å². The van der Waals surface area contributed by atoms with Crippen molar-refractivity contribution in [2.24, 2.45) is 26.8 Å². The molecule has 0 amide bonds. The molecule has 1 heterocycles. The van der Waals surface area contributed by atoms with Crippen molar-refractivity contribution in [3.05, 3.63) is 46.0 Å². The van der Waals surface area contributed by atoms with Gasteiger partial charge in [0.25, 0.3) is 0 Å². The summed E-state index contributed by atoms with van der Waals surface area (Å²) in [5, 5.41) is 11.8. The van der Waals surface area contributed by atoms with E-state index in [1.807, 2.05) is 0 Å². The van der Waals surface area contributed by atoms with E-state index in [0.29, 0.717) is 16.5 Å². The predicted octanol–water partition coefficient (Wildman–Crippen LogP) is 2.17. The predicted molar refractivity (Wildman–Crippen MR) is 92.4 cm³/mol. The Morgan fingerprint density at radius 2 is 2.04 bits per heavy atom. The Hall–Kier alpha value is -2.88. The van der Waals surface area contributed by atoms with Gasteiger partial charge < -0.3 is 11.5 Å². The maximum absolute atomic E-state index is 13.5. The largest absolute Gasteiger partial charge is 0.369 e. The van der Waals surface area contributed by atoms with Crippen LogP contribution in [0.15, 0.2) is 33.5 Å². The molecule has 126 valence electrons. The van der Waals surface area contributed by atoms with E-state index < -0.39 is 11.6 Å². The fourth-order valence-corrected chi connectivity index (χ4v) is 2.59. The quantitative estimate of drug-likeness (QED) is 0.435. The number of guanidine groups is 1. The summed E-state index contributed by atoms with van der Waals surface area (Å²) < 4.78 is 26.6. The minimum atomic E-state index is -0.959. The Balaban J connectivity index is 2.13. The number of halogens is 2. The second-order valence-corrected chi connectivity index (χ2v) is 5.66. The summed E-state index contributed by atoms with van der Waals surface area (Å²) in [6, 6.07) is 3.85. The van der Waals surface area contributed by atoms with Crippen molar-refractivity contribution in [1.29, 1.82) is 0 Å². The monoisotopic (exact) mass is 351 g/mol. The summed E-state index contributed by atoms with van der Waals surface area (Å²) >= 11 is 1.28. The summed E-state index contributed by atoms with van der Waals surface area (Å²) in [6.45, 7) is 3.53. The van der Waals surface area contributed by atoms with Gasteiger partial charge in [-0.05, 0) is 19.9 Å². The van der Waals surface area contributed by atoms with Crippen molar-refractivity contribution in [2.75, 3.05) is 5.43 Å². The third-order valence-corrected chi connectivity index (χ3v) is 3.96. The average Bonchev–Trinajstić information content (AvgIpc) is 2.90. The van der Waals surface area contributed by atoms with Gasteiger partial charge in [0, 0.05) is 5.56 Å². The van der Waals surface area contributed by atoms with Gasteiger partial charge in [0.2, 0.25) is 11.1 Å². The second-order valence-electron chi connectivity index (χ2n) is 4.66. The highest BCUT2D eigenvalue weighted by Gasteiger charge is 2.10. The van der Waals surface area contributed by atoms with E-state index in [1.165, 1.54) is 29.7 Å². The lowest BCUT2D eigenvalue weighted by Crippen LogP contribution is -2.22. The van der Waals surface area contributed by atoms with Crippen LogP contribution < -0.4 is 16.9 Å². The van der Waals surface area contributed by atoms with Gasteiger partial charge in [0.15, 0.2) is 11.6 Å². The van der Waals surface area contributed by atoms with E-state index in [4.69, 9.17) is 11.5 Å². The number of anilines is 1. The molecule has 0 radical (unpaired) electrons. The number of rotatable bonds is 5. The second kappa shape index (κ2) is 7.59. The Morgan fingerprint density at radius 3 is 2.75 bits per heavy atom. The molecule has 2 aromatic rings. The molecule has 0 aliphatic carbocycles. The van der Waals surface area contributed by atoms with Gasteiger partial charge in [0.05, 0.1) is 22.5 Å². The van der Waals surface area contributed by atoms with Crippen molar-refractivity contribution in [3.63, 3.8) is 0 Å². The lowest BCUT2D eigenvalue weighted by Gasteiger charge is -1.97. The number of aromatic nitrogens is 1. The molecular formula is C14H15F2N7S. The Kier molecular flexibility index (Phi) is 5.53. The minimum Gasteiger partial charge on any atom is -0.369 e. The Labute approximate surface area is 140 Å². The molecule has 0 bridgehead atoms. The number of aryl methyl sites for hydroxylation is 1. The molecule has 0 fully saturated rings. The number of hydrogen-bond donors (Lipinski definition) is 3. The third-order valence-electron chi connectivity index (χ3n) is 2.79. The number of benzene rings is 1. The van der Waals surface area contributed by atoms with Gasteiger partial charge in [-0.2, -0.15) is 10.2 Å². The Morgan fingerprint density at radius 1 is 1.29 bits per heavy atom. The van der Waals surface area contributed by atoms with Crippen LogP contribution in [0.5, 0.6) is 0 Å². The SMILES string of the molecule is C/C(=N\N=C(N)N)c1sc(N/N=C/c2cccc(F)c2F)nc1C. The van der Waals surface area contributed by atoms with Crippen molar-refractivity contribution in [3.8, 4) is 0 Å². The molecule has 0 aliphatic rings. The number of nitrogens with one attached hydrogen (secondary N) is 1. The van der Waals surface area contributed by atoms with Crippen LogP contribution in [0, 0.1) is 18.6 Å². The number of nitrogens with zero attached hydrogens (tertiary/aromatic N) is 4. The van der Waals surface area contributed by atoms with Crippen LogP contribution in [0.1, 0.15) is 23.1 Å². The maximum atomic E-state index is 13.5. The van der Waals surface area contributed by atoms with E-state index in [1.54, 1.807) is 13.8 Å². The summed E-state index contributed by atoms with van der Waals surface area (Å²) in [7, 11) is 0. The zero-order valence-electron chi connectivity index (χ0n) is 12.9. The standard InChI is InChI=1S/C14H15F2N7S/c1-7-12(8(2)21-22-13(17)18)24-14(20-7)23-19-6-9-4-3-5-10(15)11(9)16/h3-6H,1-2H3,(H,20,23)(H4,17,18,22)/b19-6+,21-8+. The molecule has 0 spiro atoms. The molecule has 0 atom stereocenters. The van der Waals surface area contributed by atoms with Crippen LogP contribution in [-0.4, -0.2) is 22.9 Å². The highest BCUT2D eigenvalue weighted by atomic mass is 32.1. The van der Waals surface area contributed by atoms with Crippen LogP contribution in [0.3, 0.4) is 0 Å². The normalized spacial score (nSPS) is 11.8. The highest BCUT2D eigenvalue weighted by Crippen LogP contribution is 2.23. The molecule has 10 heteroatoms. The van der Waals surface area contributed by atoms with Crippen molar-refractivity contribution >= 4 is 34.4 Å². The fourth-order valence-electron chi connectivity index (χ4n) is 1.74. The van der Waals surface area contributed by atoms with Crippen LogP contribution in [0.2, 0.25) is 0 Å². The molecule has 24 heavy (non-hydrogen) atoms. The number of nitrogens with two attached hydrogens (primary N) is 2. The first-order valence-corrected chi connectivity index (χ1v) is 7.54. The lowest BCUT2D eigenvalue weighted by atomic mass is 10.2. The van der Waals surface area contributed by atoms with E-state index in [9.17, 15) is 8.78 Å². The molecule has 1 aromatic carbocycles. The first-order valence-electron chi connectivity index (χ1n) is 6.72. The van der Waals surface area contributed by atoms with Crippen molar-refractivity contribution < 1.29 is 8.78 Å². The van der Waals surface area contributed by atoms with Gasteiger partial charge in [-0.15, -0.1) is 5.10 Å². The summed E-state index contributed by atoms with van der Waals surface area (Å²) in [6.07, 6.45) is 1.18. The first-order chi connectivity index (χ1) is 11.4. The third kappa shape index (κ3) is 4.32. The van der Waals surface area contributed by atoms with Crippen LogP contribution in [0.25, 0.3) is 0 Å². The van der Waals surface area contributed by atoms with Gasteiger partial charge in [-0.1, -0.05) is 23.5 Å². The van der Waals surface area contributed by atoms with Gasteiger partial charge in [0.1, 0.15) is 0 Å². The molecule has 0 saturated carbocycles. The van der Waals surface area contributed by atoms with E-state index in [-0.39, 0.29) is 11.5 Å². The molecule has 5 N–H and O–H groups in total. The zero-order valence-corrected chi connectivity index (χ0v) is 13.7. The first kappa shape index (κ1) is 17.5. The minimum absolute atomic E-state index is 0.0292. The fraction of sp³-hybridized carbons (Fsp3) is 0.143. The van der Waals surface area contributed by atoms with Gasteiger partial charge in [-0.3, -0.25) is 5.43 Å². The van der Waals surface area contributed by atoms with E-state index >= 15 is 0 Å². The topological polar surface area (TPSA) is 114 Å². The molecule has 2 rings (SSSR count). The van der Waals surface area contributed by atoms with Gasteiger partial charge in [-0.25, -0.2) is 13.8 Å². The molecule has 1 aromatic heterocycles. The average molecular weight is 351 g/mol. The maximum Gasteiger partial charge on any atom is 0.211 e. The zero-order chi connectivity index (χ0) is 17.7. The van der Waals surface area contributed by atoms with E-state index in [2.05, 4.69) is 25.7 Å². The summed E-state index contributed by atoms with van der Waals surface area (Å²) in [5.41, 5.74) is 14.4. The Bertz CT molecular complexity index is 823.